The summed E-state index contributed by atoms with van der Waals surface area (Å²) in [5.41, 5.74) is 0.672. The van der Waals surface area contributed by atoms with Crippen LogP contribution in [-0.2, 0) is 4.79 Å². The van der Waals surface area contributed by atoms with Gasteiger partial charge >= 0.3 is 5.97 Å². The third-order valence-electron chi connectivity index (χ3n) is 5.23. The highest BCUT2D eigenvalue weighted by atomic mass is 16.4. The number of benzene rings is 1. The number of likely N-dealkylation sites (N-methyl/N-ethyl adjacent to an activating group) is 1. The number of carbonyl (C=O) groups excluding carboxylic acids is 1. The van der Waals surface area contributed by atoms with E-state index in [0.717, 1.165) is 38.5 Å². The fourth-order valence-electron chi connectivity index (χ4n) is 4.14. The van der Waals surface area contributed by atoms with Crippen molar-refractivity contribution < 1.29 is 14.7 Å². The highest BCUT2D eigenvalue weighted by molar-refractivity contribution is 6.00. The molecule has 1 heterocycles. The number of hydrogen-bond donors (Lipinski definition) is 1. The fraction of sp³-hybridized carbons (Fsp3) is 0.529. The maximum atomic E-state index is 12.7. The smallest absolute Gasteiger partial charge is 0.313 e. The molecule has 4 heteroatoms. The molecule has 1 fully saturated rings. The van der Waals surface area contributed by atoms with Crippen LogP contribution in [0.25, 0.3) is 0 Å². The van der Waals surface area contributed by atoms with Crippen LogP contribution in [0.15, 0.2) is 24.3 Å². The third-order valence-corrected chi connectivity index (χ3v) is 5.23. The average Bonchev–Trinajstić information content (AvgIpc) is 2.72. The summed E-state index contributed by atoms with van der Waals surface area (Å²) < 4.78 is 0. The predicted octanol–water partition coefficient (Wildman–Crippen LogP) is 3.03. The lowest BCUT2D eigenvalue weighted by Gasteiger charge is -2.49. The van der Waals surface area contributed by atoms with Crippen molar-refractivity contribution >= 4 is 11.9 Å². The molecule has 1 aromatic rings. The number of hydrogen-bond acceptors (Lipinski definition) is 2. The van der Waals surface area contributed by atoms with Gasteiger partial charge in [0, 0.05) is 12.6 Å². The number of carboxylic acids is 1. The highest BCUT2D eigenvalue weighted by Gasteiger charge is 2.52. The Morgan fingerprint density at radius 2 is 1.81 bits per heavy atom. The van der Waals surface area contributed by atoms with E-state index in [1.807, 2.05) is 12.1 Å². The van der Waals surface area contributed by atoms with E-state index >= 15 is 0 Å². The lowest BCUT2D eigenvalue weighted by Crippen LogP contribution is -2.58. The van der Waals surface area contributed by atoms with E-state index < -0.39 is 17.4 Å². The number of amides is 1. The van der Waals surface area contributed by atoms with Crippen LogP contribution in [-0.4, -0.2) is 34.5 Å². The Kier molecular flexibility index (Phi) is 3.47. The van der Waals surface area contributed by atoms with Gasteiger partial charge in [0.05, 0.1) is 5.54 Å². The van der Waals surface area contributed by atoms with Gasteiger partial charge in [-0.1, -0.05) is 43.9 Å². The first-order valence-electron chi connectivity index (χ1n) is 7.68. The Bertz CT molecular complexity index is 573. The van der Waals surface area contributed by atoms with Crippen LogP contribution in [0.4, 0.5) is 0 Å². The molecular formula is C17H21NO3. The van der Waals surface area contributed by atoms with E-state index in [9.17, 15) is 14.7 Å². The van der Waals surface area contributed by atoms with Gasteiger partial charge < -0.3 is 10.0 Å². The quantitative estimate of drug-likeness (QED) is 0.863. The lowest BCUT2D eigenvalue weighted by atomic mass is 9.69. The van der Waals surface area contributed by atoms with Crippen LogP contribution in [0.2, 0.25) is 0 Å². The molecule has 1 atom stereocenters. The minimum Gasteiger partial charge on any atom is -0.481 e. The van der Waals surface area contributed by atoms with Gasteiger partial charge in [-0.2, -0.15) is 0 Å². The number of nitrogens with zero attached hydrogens (tertiary/aromatic N) is 1. The molecule has 0 radical (unpaired) electrons. The zero-order valence-electron chi connectivity index (χ0n) is 12.3. The first-order chi connectivity index (χ1) is 10.1. The van der Waals surface area contributed by atoms with Crippen LogP contribution in [0.1, 0.15) is 60.4 Å². The summed E-state index contributed by atoms with van der Waals surface area (Å²) in [6, 6.07) is 7.19. The molecule has 0 aromatic heterocycles. The van der Waals surface area contributed by atoms with Crippen LogP contribution < -0.4 is 0 Å². The normalized spacial score (nSPS) is 24.5. The van der Waals surface area contributed by atoms with Crippen molar-refractivity contribution in [2.75, 3.05) is 7.05 Å². The topological polar surface area (TPSA) is 57.6 Å². The van der Waals surface area contributed by atoms with Crippen molar-refractivity contribution in [1.29, 1.82) is 0 Å². The standard InChI is InChI=1S/C17H21NO3/c1-18-15(19)13-9-5-4-8-12(13)14(16(20)21)17(18)10-6-2-3-7-11-17/h4-5,8-9,14H,2-3,6-7,10-11H2,1H3,(H,20,21). The van der Waals surface area contributed by atoms with Gasteiger partial charge in [0.25, 0.3) is 5.91 Å². The molecule has 1 aliphatic carbocycles. The second-order valence-electron chi connectivity index (χ2n) is 6.24. The summed E-state index contributed by atoms with van der Waals surface area (Å²) in [7, 11) is 1.78. The van der Waals surface area contributed by atoms with Gasteiger partial charge in [0.15, 0.2) is 0 Å². The predicted molar refractivity (Wildman–Crippen MR) is 79.3 cm³/mol. The van der Waals surface area contributed by atoms with Crippen molar-refractivity contribution in [2.45, 2.75) is 50.0 Å². The fourth-order valence-corrected chi connectivity index (χ4v) is 4.14. The minimum absolute atomic E-state index is 0.0370. The van der Waals surface area contributed by atoms with Gasteiger partial charge in [-0.05, 0) is 24.5 Å². The highest BCUT2D eigenvalue weighted by Crippen LogP contribution is 2.47. The number of carbonyl (C=O) groups is 2. The molecule has 1 unspecified atom stereocenters. The molecule has 4 nitrogen and oxygen atoms in total. The van der Waals surface area contributed by atoms with E-state index in [-0.39, 0.29) is 5.91 Å². The summed E-state index contributed by atoms with van der Waals surface area (Å²) in [5.74, 6) is -1.47. The largest absolute Gasteiger partial charge is 0.481 e. The molecule has 0 bridgehead atoms. The summed E-state index contributed by atoms with van der Waals surface area (Å²) in [5, 5.41) is 9.86. The van der Waals surface area contributed by atoms with Crippen molar-refractivity contribution in [3.05, 3.63) is 35.4 Å². The number of fused-ring (bicyclic) bond motifs is 1. The van der Waals surface area contributed by atoms with Crippen LogP contribution in [0.5, 0.6) is 0 Å². The second-order valence-corrected chi connectivity index (χ2v) is 6.24. The molecule has 112 valence electrons. The minimum atomic E-state index is -0.816. The Hall–Kier alpha value is -1.84. The average molecular weight is 287 g/mol. The summed E-state index contributed by atoms with van der Waals surface area (Å²) in [6.45, 7) is 0. The second kappa shape index (κ2) is 5.17. The van der Waals surface area contributed by atoms with E-state index in [4.69, 9.17) is 0 Å². The Balaban J connectivity index is 2.19. The summed E-state index contributed by atoms with van der Waals surface area (Å²) in [6.07, 6.45) is 5.78. The van der Waals surface area contributed by atoms with Crippen molar-refractivity contribution in [3.63, 3.8) is 0 Å². The molecule has 1 saturated carbocycles. The Morgan fingerprint density at radius 3 is 2.43 bits per heavy atom. The van der Waals surface area contributed by atoms with Gasteiger partial charge in [-0.25, -0.2) is 0 Å². The molecule has 1 N–H and O–H groups in total. The monoisotopic (exact) mass is 287 g/mol. The first kappa shape index (κ1) is 14.1. The lowest BCUT2D eigenvalue weighted by molar-refractivity contribution is -0.143. The maximum Gasteiger partial charge on any atom is 0.313 e. The van der Waals surface area contributed by atoms with E-state index in [1.165, 1.54) is 0 Å². The molecule has 0 saturated heterocycles. The van der Waals surface area contributed by atoms with Gasteiger partial charge in [-0.3, -0.25) is 9.59 Å². The SMILES string of the molecule is CN1C(=O)c2ccccc2C(C(=O)O)C12CCCCCC2. The zero-order chi connectivity index (χ0) is 15.0. The zero-order valence-corrected chi connectivity index (χ0v) is 12.3. The molecule has 1 amide bonds. The number of aliphatic carboxylic acids is 1. The molecule has 3 rings (SSSR count). The van der Waals surface area contributed by atoms with Crippen molar-refractivity contribution in [1.82, 2.24) is 4.90 Å². The van der Waals surface area contributed by atoms with Crippen LogP contribution in [0.3, 0.4) is 0 Å². The number of rotatable bonds is 1. The van der Waals surface area contributed by atoms with E-state index in [0.29, 0.717) is 11.1 Å². The third kappa shape index (κ3) is 2.04. The number of carboxylic acid groups (broad SMARTS) is 1. The van der Waals surface area contributed by atoms with E-state index in [1.54, 1.807) is 24.1 Å². The van der Waals surface area contributed by atoms with Gasteiger partial charge in [0.2, 0.25) is 0 Å². The molecule has 1 spiro atoms. The maximum absolute atomic E-state index is 12.7. The van der Waals surface area contributed by atoms with Gasteiger partial charge in [0.1, 0.15) is 5.92 Å². The molecule has 1 aliphatic heterocycles. The Labute approximate surface area is 124 Å². The van der Waals surface area contributed by atoms with Crippen molar-refractivity contribution in [2.24, 2.45) is 0 Å². The van der Waals surface area contributed by atoms with Crippen molar-refractivity contribution in [3.8, 4) is 0 Å². The first-order valence-corrected chi connectivity index (χ1v) is 7.68. The van der Waals surface area contributed by atoms with Gasteiger partial charge in [-0.15, -0.1) is 0 Å². The van der Waals surface area contributed by atoms with Crippen LogP contribution >= 0.6 is 0 Å². The molecule has 21 heavy (non-hydrogen) atoms. The summed E-state index contributed by atoms with van der Waals surface area (Å²) >= 11 is 0. The van der Waals surface area contributed by atoms with Crippen LogP contribution in [0, 0.1) is 0 Å². The molecule has 1 aromatic carbocycles. The summed E-state index contributed by atoms with van der Waals surface area (Å²) in [4.78, 5) is 26.4. The Morgan fingerprint density at radius 1 is 1.19 bits per heavy atom. The van der Waals surface area contributed by atoms with E-state index in [2.05, 4.69) is 0 Å². The molecule has 2 aliphatic rings. The molecular weight excluding hydrogens is 266 g/mol.